The molecule has 2 rings (SSSR count). The molecule has 1 aromatic heterocycles. The van der Waals surface area contributed by atoms with E-state index in [2.05, 4.69) is 4.98 Å². The topological polar surface area (TPSA) is 42.1 Å². The number of nitrogens with zero attached hydrogens (tertiary/aromatic N) is 2. The van der Waals surface area contributed by atoms with Crippen LogP contribution in [0.3, 0.4) is 0 Å². The van der Waals surface area contributed by atoms with E-state index < -0.39 is 6.43 Å². The van der Waals surface area contributed by atoms with Crippen molar-refractivity contribution in [2.75, 3.05) is 18.0 Å². The second kappa shape index (κ2) is 4.51. The summed E-state index contributed by atoms with van der Waals surface area (Å²) in [5.74, 6) is 0.541. The molecule has 1 fully saturated rings. The Morgan fingerprint density at radius 2 is 2.31 bits per heavy atom. The monoisotopic (exact) mass is 247 g/mol. The highest BCUT2D eigenvalue weighted by Crippen LogP contribution is 2.29. The zero-order valence-corrected chi connectivity index (χ0v) is 9.29. The molecular weight excluding hydrogens is 236 g/mol. The molecule has 1 aliphatic rings. The summed E-state index contributed by atoms with van der Waals surface area (Å²) in [5, 5.41) is 0.256. The Morgan fingerprint density at radius 3 is 2.81 bits per heavy atom. The van der Waals surface area contributed by atoms with Crippen LogP contribution in [0.2, 0.25) is 5.02 Å². The molecule has 0 spiro atoms. The molecule has 1 atom stereocenters. The predicted molar refractivity (Wildman–Crippen MR) is 59.0 cm³/mol. The molecule has 0 unspecified atom stereocenters. The van der Waals surface area contributed by atoms with E-state index in [0.717, 1.165) is 19.2 Å². The molecular formula is C10H12ClF2N3. The number of aromatic nitrogens is 1. The first-order chi connectivity index (χ1) is 7.58. The molecule has 0 amide bonds. The molecule has 0 bridgehead atoms. The van der Waals surface area contributed by atoms with Crippen molar-refractivity contribution in [3.8, 4) is 0 Å². The maximum Gasteiger partial charge on any atom is 0.265 e. The summed E-state index contributed by atoms with van der Waals surface area (Å²) in [4.78, 5) is 5.89. The van der Waals surface area contributed by atoms with Crippen LogP contribution in [-0.2, 0) is 0 Å². The number of hydrogen-bond donors (Lipinski definition) is 1. The minimum atomic E-state index is -2.54. The van der Waals surface area contributed by atoms with Crippen LogP contribution < -0.4 is 10.6 Å². The van der Waals surface area contributed by atoms with Gasteiger partial charge in [-0.15, -0.1) is 0 Å². The Morgan fingerprint density at radius 1 is 1.56 bits per heavy atom. The van der Waals surface area contributed by atoms with E-state index in [9.17, 15) is 8.78 Å². The number of alkyl halides is 2. The number of anilines is 1. The summed E-state index contributed by atoms with van der Waals surface area (Å²) in [6.45, 7) is 1.43. The minimum absolute atomic E-state index is 0.104. The third-order valence-corrected chi connectivity index (χ3v) is 2.90. The molecule has 0 radical (unpaired) electrons. The van der Waals surface area contributed by atoms with Crippen LogP contribution in [0.4, 0.5) is 14.6 Å². The van der Waals surface area contributed by atoms with E-state index in [1.807, 2.05) is 4.90 Å². The lowest BCUT2D eigenvalue weighted by atomic mass is 10.3. The SMILES string of the molecule is N[C@@H]1CCN(c2ncc(C(F)F)cc2Cl)C1. The predicted octanol–water partition coefficient (Wildman–Crippen LogP) is 2.21. The fourth-order valence-electron chi connectivity index (χ4n) is 1.78. The van der Waals surface area contributed by atoms with Gasteiger partial charge >= 0.3 is 0 Å². The first-order valence-corrected chi connectivity index (χ1v) is 5.40. The zero-order chi connectivity index (χ0) is 11.7. The van der Waals surface area contributed by atoms with Gasteiger partial charge < -0.3 is 10.6 Å². The van der Waals surface area contributed by atoms with Crippen LogP contribution in [0.5, 0.6) is 0 Å². The van der Waals surface area contributed by atoms with Crippen molar-refractivity contribution in [3.05, 3.63) is 22.8 Å². The van der Waals surface area contributed by atoms with Gasteiger partial charge in [0.2, 0.25) is 0 Å². The number of nitrogens with two attached hydrogens (primary N) is 1. The van der Waals surface area contributed by atoms with Gasteiger partial charge in [0, 0.05) is 30.9 Å². The lowest BCUT2D eigenvalue weighted by Gasteiger charge is -2.18. The van der Waals surface area contributed by atoms with Crippen molar-refractivity contribution < 1.29 is 8.78 Å². The second-order valence-electron chi connectivity index (χ2n) is 3.87. The maximum atomic E-state index is 12.4. The zero-order valence-electron chi connectivity index (χ0n) is 8.54. The van der Waals surface area contributed by atoms with E-state index in [0.29, 0.717) is 12.4 Å². The minimum Gasteiger partial charge on any atom is -0.354 e. The molecule has 16 heavy (non-hydrogen) atoms. The van der Waals surface area contributed by atoms with Gasteiger partial charge in [-0.1, -0.05) is 11.6 Å². The summed E-state index contributed by atoms with van der Waals surface area (Å²) in [6, 6.07) is 1.37. The Balaban J connectivity index is 2.22. The van der Waals surface area contributed by atoms with Crippen LogP contribution in [0.25, 0.3) is 0 Å². The van der Waals surface area contributed by atoms with E-state index in [-0.39, 0.29) is 16.6 Å². The number of rotatable bonds is 2. The van der Waals surface area contributed by atoms with E-state index >= 15 is 0 Å². The molecule has 6 heteroatoms. The lowest BCUT2D eigenvalue weighted by Crippen LogP contribution is -2.27. The first-order valence-electron chi connectivity index (χ1n) is 5.02. The van der Waals surface area contributed by atoms with Gasteiger partial charge in [-0.25, -0.2) is 13.8 Å². The molecule has 0 saturated carbocycles. The van der Waals surface area contributed by atoms with E-state index in [1.165, 1.54) is 6.07 Å². The Bertz CT molecular complexity index is 386. The van der Waals surface area contributed by atoms with Gasteiger partial charge in [0.05, 0.1) is 5.02 Å². The highest BCUT2D eigenvalue weighted by atomic mass is 35.5. The van der Waals surface area contributed by atoms with Crippen LogP contribution in [0.1, 0.15) is 18.4 Å². The van der Waals surface area contributed by atoms with Crippen molar-refractivity contribution in [1.29, 1.82) is 0 Å². The summed E-state index contributed by atoms with van der Waals surface area (Å²) < 4.78 is 24.8. The normalized spacial score (nSPS) is 20.8. The van der Waals surface area contributed by atoms with Crippen LogP contribution in [0.15, 0.2) is 12.3 Å². The molecule has 0 aromatic carbocycles. The number of hydrogen-bond acceptors (Lipinski definition) is 3. The summed E-state index contributed by atoms with van der Waals surface area (Å²) >= 11 is 5.92. The molecule has 1 aliphatic heterocycles. The average molecular weight is 248 g/mol. The third kappa shape index (κ3) is 2.25. The van der Waals surface area contributed by atoms with E-state index in [1.54, 1.807) is 0 Å². The molecule has 1 saturated heterocycles. The second-order valence-corrected chi connectivity index (χ2v) is 4.28. The standard InChI is InChI=1S/C10H12ClF2N3/c11-8-3-6(9(12)13)4-15-10(8)16-2-1-7(14)5-16/h3-4,7,9H,1-2,5,14H2/t7-/m1/s1. The van der Waals surface area contributed by atoms with Crippen molar-refractivity contribution in [3.63, 3.8) is 0 Å². The average Bonchev–Trinajstić information content (AvgIpc) is 2.64. The highest BCUT2D eigenvalue weighted by molar-refractivity contribution is 6.33. The summed E-state index contributed by atoms with van der Waals surface area (Å²) in [7, 11) is 0. The molecule has 0 aliphatic carbocycles. The quantitative estimate of drug-likeness (QED) is 0.871. The molecule has 2 N–H and O–H groups in total. The van der Waals surface area contributed by atoms with Gasteiger partial charge in [0.25, 0.3) is 6.43 Å². The number of pyridine rings is 1. The Hall–Kier alpha value is -0.940. The van der Waals surface area contributed by atoms with Crippen molar-refractivity contribution in [2.45, 2.75) is 18.9 Å². The van der Waals surface area contributed by atoms with Crippen molar-refractivity contribution in [1.82, 2.24) is 4.98 Å². The van der Waals surface area contributed by atoms with Crippen molar-refractivity contribution in [2.24, 2.45) is 5.73 Å². The smallest absolute Gasteiger partial charge is 0.265 e. The highest BCUT2D eigenvalue weighted by Gasteiger charge is 2.22. The largest absolute Gasteiger partial charge is 0.354 e. The van der Waals surface area contributed by atoms with Crippen LogP contribution in [-0.4, -0.2) is 24.1 Å². The summed E-state index contributed by atoms with van der Waals surface area (Å²) in [5.41, 5.74) is 5.60. The maximum absolute atomic E-state index is 12.4. The van der Waals surface area contributed by atoms with Gasteiger partial charge in [-0.05, 0) is 12.5 Å². The fourth-order valence-corrected chi connectivity index (χ4v) is 2.07. The molecule has 3 nitrogen and oxygen atoms in total. The Kier molecular flexibility index (Phi) is 3.25. The van der Waals surface area contributed by atoms with Crippen molar-refractivity contribution >= 4 is 17.4 Å². The lowest BCUT2D eigenvalue weighted by molar-refractivity contribution is 0.151. The van der Waals surface area contributed by atoms with Gasteiger partial charge in [-0.3, -0.25) is 0 Å². The van der Waals surface area contributed by atoms with Gasteiger partial charge in [0.1, 0.15) is 5.82 Å². The van der Waals surface area contributed by atoms with Crippen LogP contribution in [0, 0.1) is 0 Å². The van der Waals surface area contributed by atoms with Gasteiger partial charge in [0.15, 0.2) is 0 Å². The number of halogens is 3. The van der Waals surface area contributed by atoms with Crippen LogP contribution >= 0.6 is 11.6 Å². The molecule has 88 valence electrons. The third-order valence-electron chi connectivity index (χ3n) is 2.62. The van der Waals surface area contributed by atoms with E-state index in [4.69, 9.17) is 17.3 Å². The Labute approximate surface area is 97.2 Å². The molecule has 2 heterocycles. The van der Waals surface area contributed by atoms with Gasteiger partial charge in [-0.2, -0.15) is 0 Å². The summed E-state index contributed by atoms with van der Waals surface area (Å²) in [6.07, 6.45) is -0.510. The fraction of sp³-hybridized carbons (Fsp3) is 0.500. The first kappa shape index (κ1) is 11.5. The molecule has 1 aromatic rings.